The number of aromatic nitrogens is 2. The van der Waals surface area contributed by atoms with E-state index in [-0.39, 0.29) is 37.2 Å². The first-order chi connectivity index (χ1) is 17.1. The van der Waals surface area contributed by atoms with Gasteiger partial charge >= 0.3 is 5.97 Å². The predicted octanol–water partition coefficient (Wildman–Crippen LogP) is 2.27. The van der Waals surface area contributed by atoms with Crippen LogP contribution >= 0.6 is 0 Å². The van der Waals surface area contributed by atoms with E-state index in [4.69, 9.17) is 4.74 Å². The van der Waals surface area contributed by atoms with Crippen molar-refractivity contribution in [3.63, 3.8) is 0 Å². The van der Waals surface area contributed by atoms with Crippen LogP contribution in [0.1, 0.15) is 37.4 Å². The number of hydrogen-bond donors (Lipinski definition) is 1. The van der Waals surface area contributed by atoms with E-state index in [2.05, 4.69) is 20.2 Å². The number of amides is 2. The lowest BCUT2D eigenvalue weighted by atomic mass is 9.98. The van der Waals surface area contributed by atoms with Crippen LogP contribution in [0.5, 0.6) is 0 Å². The number of nitrogens with one attached hydrogen (secondary N) is 1. The molecule has 0 aliphatic carbocycles. The minimum absolute atomic E-state index is 0.0367. The average Bonchev–Trinajstić information content (AvgIpc) is 2.90. The Kier molecular flexibility index (Phi) is 8.43. The van der Waals surface area contributed by atoms with E-state index in [1.54, 1.807) is 23.4 Å². The van der Waals surface area contributed by atoms with E-state index in [1.807, 2.05) is 42.5 Å². The Hall–Kier alpha value is -3.75. The fourth-order valence-electron chi connectivity index (χ4n) is 4.26. The van der Waals surface area contributed by atoms with E-state index in [0.29, 0.717) is 45.0 Å². The molecule has 9 heteroatoms. The van der Waals surface area contributed by atoms with E-state index in [1.165, 1.54) is 0 Å². The molecule has 1 N–H and O–H groups in total. The van der Waals surface area contributed by atoms with Crippen LogP contribution in [0.4, 0.5) is 5.95 Å². The molecule has 2 amide bonds. The number of carbonyl (C=O) groups is 3. The van der Waals surface area contributed by atoms with Gasteiger partial charge in [-0.25, -0.2) is 9.97 Å². The van der Waals surface area contributed by atoms with Gasteiger partial charge in [-0.15, -0.1) is 0 Å². The molecular weight excluding hydrogens is 446 g/mol. The molecule has 0 saturated carbocycles. The van der Waals surface area contributed by atoms with Crippen LogP contribution in [0.25, 0.3) is 0 Å². The number of nitrogens with zero attached hydrogens (tertiary/aromatic N) is 4. The van der Waals surface area contributed by atoms with Crippen LogP contribution in [-0.4, -0.2) is 65.4 Å². The topological polar surface area (TPSA) is 105 Å². The molecule has 184 valence electrons. The number of hydrogen-bond acceptors (Lipinski definition) is 7. The van der Waals surface area contributed by atoms with Crippen LogP contribution in [-0.2, 0) is 19.1 Å². The standard InChI is InChI=1S/C26H31N5O4/c32-23(30-14-16-31(17-15-30)26-27-12-7-13-28-26)18-21-10-5-2-6-11-24(33)35-22(19-29-25(21)34)20-8-3-1-4-9-20/h1-5,7-9,12-13,21-22H,6,10-11,14-19H2,(H,29,34)/b5-2+/t21-,22-/m0/s1. The van der Waals surface area contributed by atoms with Gasteiger partial charge in [0.2, 0.25) is 17.8 Å². The van der Waals surface area contributed by atoms with Gasteiger partial charge in [-0.05, 0) is 24.5 Å². The van der Waals surface area contributed by atoms with Gasteiger partial charge < -0.3 is 19.9 Å². The van der Waals surface area contributed by atoms with E-state index in [9.17, 15) is 14.4 Å². The van der Waals surface area contributed by atoms with Crippen molar-refractivity contribution in [1.29, 1.82) is 0 Å². The molecule has 1 saturated heterocycles. The van der Waals surface area contributed by atoms with Crippen molar-refractivity contribution in [2.75, 3.05) is 37.6 Å². The predicted molar refractivity (Wildman–Crippen MR) is 130 cm³/mol. The normalized spacial score (nSPS) is 22.9. The van der Waals surface area contributed by atoms with Crippen molar-refractivity contribution in [3.05, 3.63) is 66.5 Å². The van der Waals surface area contributed by atoms with Crippen LogP contribution in [0.2, 0.25) is 0 Å². The SMILES string of the molecule is O=C1CC/C=C/C[C@@H](CC(=O)N2CCN(c3ncccn3)CC2)C(=O)NC[C@@H](c2ccccc2)O1. The summed E-state index contributed by atoms with van der Waals surface area (Å²) in [6, 6.07) is 11.1. The summed E-state index contributed by atoms with van der Waals surface area (Å²) in [5.74, 6) is -0.370. The summed E-state index contributed by atoms with van der Waals surface area (Å²) in [4.78, 5) is 50.8. The molecule has 9 nitrogen and oxygen atoms in total. The minimum atomic E-state index is -0.569. The molecule has 2 aliphatic rings. The minimum Gasteiger partial charge on any atom is -0.456 e. The Bertz CT molecular complexity index is 1020. The third kappa shape index (κ3) is 6.88. The zero-order chi connectivity index (χ0) is 24.5. The zero-order valence-electron chi connectivity index (χ0n) is 19.7. The number of cyclic esters (lactones) is 1. The number of piperazine rings is 1. The lowest BCUT2D eigenvalue weighted by Crippen LogP contribution is -2.50. The van der Waals surface area contributed by atoms with Crippen LogP contribution in [0.3, 0.4) is 0 Å². The molecule has 2 atom stereocenters. The Morgan fingerprint density at radius 2 is 1.74 bits per heavy atom. The fraction of sp³-hybridized carbons (Fsp3) is 0.423. The highest BCUT2D eigenvalue weighted by molar-refractivity contribution is 5.86. The Morgan fingerprint density at radius 3 is 2.49 bits per heavy atom. The molecule has 4 rings (SSSR count). The van der Waals surface area contributed by atoms with Crippen molar-refractivity contribution >= 4 is 23.7 Å². The summed E-state index contributed by atoms with van der Waals surface area (Å²) in [5, 5.41) is 2.91. The number of allylic oxidation sites excluding steroid dienone is 2. The molecule has 2 aliphatic heterocycles. The molecule has 1 aromatic heterocycles. The highest BCUT2D eigenvalue weighted by atomic mass is 16.5. The molecule has 0 bridgehead atoms. The Labute approximate surface area is 205 Å². The summed E-state index contributed by atoms with van der Waals surface area (Å²) in [6.07, 6.45) is 7.99. The second kappa shape index (κ2) is 12.1. The van der Waals surface area contributed by atoms with Crippen LogP contribution < -0.4 is 10.2 Å². The van der Waals surface area contributed by atoms with Gasteiger partial charge in [0.05, 0.1) is 12.5 Å². The molecule has 0 unspecified atom stereocenters. The maximum atomic E-state index is 13.1. The van der Waals surface area contributed by atoms with E-state index in [0.717, 1.165) is 5.56 Å². The monoisotopic (exact) mass is 477 g/mol. The second-order valence-electron chi connectivity index (χ2n) is 8.70. The first-order valence-electron chi connectivity index (χ1n) is 12.1. The summed E-state index contributed by atoms with van der Waals surface area (Å²) in [5.41, 5.74) is 0.821. The second-order valence-corrected chi connectivity index (χ2v) is 8.70. The summed E-state index contributed by atoms with van der Waals surface area (Å²) >= 11 is 0. The number of esters is 1. The van der Waals surface area contributed by atoms with Crippen molar-refractivity contribution in [2.24, 2.45) is 5.92 Å². The first kappa shape index (κ1) is 24.4. The molecule has 0 spiro atoms. The largest absolute Gasteiger partial charge is 0.456 e. The molecule has 3 heterocycles. The van der Waals surface area contributed by atoms with Gasteiger partial charge in [-0.2, -0.15) is 0 Å². The zero-order valence-corrected chi connectivity index (χ0v) is 19.7. The number of carbonyl (C=O) groups excluding carboxylic acids is 3. The van der Waals surface area contributed by atoms with Gasteiger partial charge in [0, 0.05) is 51.4 Å². The van der Waals surface area contributed by atoms with Crippen LogP contribution in [0, 0.1) is 5.92 Å². The van der Waals surface area contributed by atoms with Gasteiger partial charge in [-0.3, -0.25) is 14.4 Å². The van der Waals surface area contributed by atoms with E-state index < -0.39 is 12.0 Å². The maximum Gasteiger partial charge on any atom is 0.306 e. The van der Waals surface area contributed by atoms with Crippen LogP contribution in [0.15, 0.2) is 60.9 Å². The van der Waals surface area contributed by atoms with Gasteiger partial charge in [0.25, 0.3) is 0 Å². The fourth-order valence-corrected chi connectivity index (χ4v) is 4.26. The van der Waals surface area contributed by atoms with Crippen molar-refractivity contribution in [2.45, 2.75) is 31.8 Å². The highest BCUT2D eigenvalue weighted by Crippen LogP contribution is 2.20. The highest BCUT2D eigenvalue weighted by Gasteiger charge is 2.28. The van der Waals surface area contributed by atoms with Gasteiger partial charge in [-0.1, -0.05) is 42.5 Å². The molecule has 2 aromatic rings. The quantitative estimate of drug-likeness (QED) is 0.532. The van der Waals surface area contributed by atoms with Crippen molar-refractivity contribution < 1.29 is 19.1 Å². The maximum absolute atomic E-state index is 13.1. The smallest absolute Gasteiger partial charge is 0.306 e. The van der Waals surface area contributed by atoms with E-state index >= 15 is 0 Å². The summed E-state index contributed by atoms with van der Waals surface area (Å²) in [7, 11) is 0. The average molecular weight is 478 g/mol. The molecule has 1 aromatic carbocycles. The van der Waals surface area contributed by atoms with Crippen molar-refractivity contribution in [1.82, 2.24) is 20.2 Å². The number of anilines is 1. The third-order valence-electron chi connectivity index (χ3n) is 6.27. The number of benzene rings is 1. The Balaban J connectivity index is 1.37. The number of ether oxygens (including phenoxy) is 1. The van der Waals surface area contributed by atoms with Gasteiger partial charge in [0.15, 0.2) is 0 Å². The molecule has 0 radical (unpaired) electrons. The lowest BCUT2D eigenvalue weighted by molar-refractivity contribution is -0.150. The molecular formula is C26H31N5O4. The Morgan fingerprint density at radius 1 is 1.00 bits per heavy atom. The third-order valence-corrected chi connectivity index (χ3v) is 6.27. The summed E-state index contributed by atoms with van der Waals surface area (Å²) in [6.45, 7) is 2.59. The first-order valence-corrected chi connectivity index (χ1v) is 12.1. The molecule has 1 fully saturated rings. The van der Waals surface area contributed by atoms with Gasteiger partial charge in [0.1, 0.15) is 6.10 Å². The number of rotatable bonds is 4. The molecule has 35 heavy (non-hydrogen) atoms. The van der Waals surface area contributed by atoms with Crippen molar-refractivity contribution in [3.8, 4) is 0 Å². The lowest BCUT2D eigenvalue weighted by Gasteiger charge is -2.35. The summed E-state index contributed by atoms with van der Waals surface area (Å²) < 4.78 is 5.64.